The fourth-order valence-electron chi connectivity index (χ4n) is 5.50. The molecule has 2 aliphatic rings. The van der Waals surface area contributed by atoms with Crippen LogP contribution in [0.4, 0.5) is 11.4 Å². The Labute approximate surface area is 243 Å². The molecule has 0 bridgehead atoms. The third-order valence-electron chi connectivity index (χ3n) is 7.60. The maximum atomic E-state index is 12.7. The number of allylic oxidation sites excluding steroid dienone is 2. The molecule has 6 rings (SSSR count). The van der Waals surface area contributed by atoms with Crippen LogP contribution < -0.4 is 9.50 Å². The van der Waals surface area contributed by atoms with Crippen molar-refractivity contribution in [1.82, 2.24) is 0 Å². The summed E-state index contributed by atoms with van der Waals surface area (Å²) in [6, 6.07) is 27.1. The molecule has 0 spiro atoms. The minimum atomic E-state index is -3.93. The Kier molecular flexibility index (Phi) is 7.11. The molecule has 0 saturated heterocycles. The standard InChI is InChI=1S/C33H29BrN2O3S/c1-21-6-14-26(15-7-21)40(37,38)39-32-17-9-23(19-30(32)34)20-35-25-12-10-24(11-13-25)33-28-5-3-4-27(28)29-18-22(2)8-16-31(29)36-33/h3-4,6-20,27-28,33,36H,5H2,1-2H3/t27-,28+,33-/m0/s1. The van der Waals surface area contributed by atoms with Crippen molar-refractivity contribution < 1.29 is 12.6 Å². The average Bonchev–Trinajstić information content (AvgIpc) is 3.44. The van der Waals surface area contributed by atoms with E-state index in [9.17, 15) is 8.42 Å². The van der Waals surface area contributed by atoms with Crippen molar-refractivity contribution >= 4 is 43.6 Å². The van der Waals surface area contributed by atoms with Gasteiger partial charge in [-0.25, -0.2) is 0 Å². The first-order valence-electron chi connectivity index (χ1n) is 13.3. The zero-order chi connectivity index (χ0) is 27.9. The first-order valence-corrected chi connectivity index (χ1v) is 15.5. The molecule has 4 aromatic rings. The minimum Gasteiger partial charge on any atom is -0.378 e. The fourth-order valence-corrected chi connectivity index (χ4v) is 7.03. The highest BCUT2D eigenvalue weighted by molar-refractivity contribution is 9.10. The van der Waals surface area contributed by atoms with Crippen molar-refractivity contribution in [2.45, 2.75) is 37.1 Å². The molecule has 1 N–H and O–H groups in total. The van der Waals surface area contributed by atoms with Gasteiger partial charge in [-0.2, -0.15) is 8.42 Å². The number of fused-ring (bicyclic) bond motifs is 3. The van der Waals surface area contributed by atoms with Crippen molar-refractivity contribution in [1.29, 1.82) is 0 Å². The highest BCUT2D eigenvalue weighted by Gasteiger charge is 2.37. The van der Waals surface area contributed by atoms with Crippen molar-refractivity contribution in [3.05, 3.63) is 129 Å². The molecule has 202 valence electrons. The van der Waals surface area contributed by atoms with Gasteiger partial charge in [0.25, 0.3) is 0 Å². The molecule has 5 nitrogen and oxygen atoms in total. The quantitative estimate of drug-likeness (QED) is 0.135. The summed E-state index contributed by atoms with van der Waals surface area (Å²) in [4.78, 5) is 4.75. The first kappa shape index (κ1) is 26.5. The fraction of sp³-hybridized carbons (Fsp3) is 0.182. The number of nitrogens with one attached hydrogen (secondary N) is 1. The molecule has 1 heterocycles. The molecular formula is C33H29BrN2O3S. The highest BCUT2D eigenvalue weighted by atomic mass is 79.9. The molecule has 1 aliphatic carbocycles. The van der Waals surface area contributed by atoms with Crippen LogP contribution in [0, 0.1) is 19.8 Å². The van der Waals surface area contributed by atoms with E-state index < -0.39 is 10.1 Å². The third kappa shape index (κ3) is 5.36. The minimum absolute atomic E-state index is 0.113. The number of hydrogen-bond donors (Lipinski definition) is 1. The van der Waals surface area contributed by atoms with Gasteiger partial charge < -0.3 is 9.50 Å². The van der Waals surface area contributed by atoms with Crippen LogP contribution in [0.5, 0.6) is 5.75 Å². The highest BCUT2D eigenvalue weighted by Crippen LogP contribution is 2.50. The summed E-state index contributed by atoms with van der Waals surface area (Å²) < 4.78 is 31.2. The van der Waals surface area contributed by atoms with E-state index in [2.05, 4.69) is 75.6 Å². The van der Waals surface area contributed by atoms with Crippen LogP contribution in [0.1, 0.15) is 46.2 Å². The zero-order valence-corrected chi connectivity index (χ0v) is 24.6. The third-order valence-corrected chi connectivity index (χ3v) is 9.47. The lowest BCUT2D eigenvalue weighted by atomic mass is 9.76. The molecule has 1 aliphatic heterocycles. The summed E-state index contributed by atoms with van der Waals surface area (Å²) in [5, 5.41) is 3.79. The van der Waals surface area contributed by atoms with E-state index >= 15 is 0 Å². The van der Waals surface area contributed by atoms with E-state index in [0.717, 1.165) is 23.2 Å². The molecule has 4 aromatic carbocycles. The van der Waals surface area contributed by atoms with Crippen molar-refractivity contribution in [2.75, 3.05) is 5.32 Å². The Hall–Kier alpha value is -3.68. The number of anilines is 1. The van der Waals surface area contributed by atoms with E-state index in [1.165, 1.54) is 34.5 Å². The number of hydrogen-bond acceptors (Lipinski definition) is 5. The van der Waals surface area contributed by atoms with Gasteiger partial charge in [0.15, 0.2) is 5.75 Å². The SMILES string of the molecule is Cc1ccc(S(=O)(=O)Oc2ccc(C=Nc3ccc([C@@H]4Nc5ccc(C)cc5[C@H]5C=CC[C@H]54)cc3)cc2Br)cc1. The molecule has 0 aromatic heterocycles. The second-order valence-corrected chi connectivity index (χ2v) is 12.9. The second-order valence-electron chi connectivity index (χ2n) is 10.5. The topological polar surface area (TPSA) is 67.8 Å². The Bertz CT molecular complexity index is 1730. The molecule has 7 heteroatoms. The van der Waals surface area contributed by atoms with Crippen LogP contribution >= 0.6 is 15.9 Å². The van der Waals surface area contributed by atoms with Crippen LogP contribution in [0.15, 0.2) is 111 Å². The summed E-state index contributed by atoms with van der Waals surface area (Å²) >= 11 is 3.44. The van der Waals surface area contributed by atoms with Crippen LogP contribution in [0.3, 0.4) is 0 Å². The predicted molar refractivity (Wildman–Crippen MR) is 164 cm³/mol. The Morgan fingerprint density at radius 1 is 0.925 bits per heavy atom. The largest absolute Gasteiger partial charge is 0.378 e. The molecule has 0 unspecified atom stereocenters. The van der Waals surface area contributed by atoms with Gasteiger partial charge in [0.05, 0.1) is 16.2 Å². The van der Waals surface area contributed by atoms with Gasteiger partial charge in [0.2, 0.25) is 0 Å². The molecule has 0 radical (unpaired) electrons. The number of aliphatic imine (C=N–C) groups is 1. The number of halogens is 1. The lowest BCUT2D eigenvalue weighted by Gasteiger charge is -2.37. The van der Waals surface area contributed by atoms with Crippen LogP contribution in [0.2, 0.25) is 0 Å². The molecule has 40 heavy (non-hydrogen) atoms. The number of nitrogens with zero attached hydrogens (tertiary/aromatic N) is 1. The second kappa shape index (κ2) is 10.7. The molecule has 0 amide bonds. The number of aryl methyl sites for hydroxylation is 2. The van der Waals surface area contributed by atoms with Crippen molar-refractivity contribution in [3.63, 3.8) is 0 Å². The Morgan fingerprint density at radius 3 is 2.42 bits per heavy atom. The van der Waals surface area contributed by atoms with E-state index in [4.69, 9.17) is 4.18 Å². The van der Waals surface area contributed by atoms with Gasteiger partial charge >= 0.3 is 10.1 Å². The molecule has 0 fully saturated rings. The van der Waals surface area contributed by atoms with E-state index in [1.54, 1.807) is 36.5 Å². The summed E-state index contributed by atoms with van der Waals surface area (Å²) in [6.07, 6.45) is 7.50. The summed E-state index contributed by atoms with van der Waals surface area (Å²) in [6.45, 7) is 4.05. The van der Waals surface area contributed by atoms with Crippen molar-refractivity contribution in [3.8, 4) is 5.75 Å². The van der Waals surface area contributed by atoms with E-state index in [-0.39, 0.29) is 16.7 Å². The van der Waals surface area contributed by atoms with Gasteiger partial charge in [0.1, 0.15) is 4.90 Å². The Balaban J connectivity index is 1.15. The molecular weight excluding hydrogens is 584 g/mol. The van der Waals surface area contributed by atoms with Crippen LogP contribution in [-0.2, 0) is 10.1 Å². The average molecular weight is 614 g/mol. The van der Waals surface area contributed by atoms with Crippen LogP contribution in [-0.4, -0.2) is 14.6 Å². The smallest absolute Gasteiger partial charge is 0.339 e. The monoisotopic (exact) mass is 612 g/mol. The van der Waals surface area contributed by atoms with Crippen LogP contribution in [0.25, 0.3) is 0 Å². The maximum Gasteiger partial charge on any atom is 0.339 e. The Morgan fingerprint density at radius 2 is 1.68 bits per heavy atom. The first-order chi connectivity index (χ1) is 19.3. The maximum absolute atomic E-state index is 12.7. The summed E-state index contributed by atoms with van der Waals surface area (Å²) in [5.74, 6) is 1.16. The van der Waals surface area contributed by atoms with Gasteiger partial charge in [-0.05, 0) is 107 Å². The normalized spacial score (nSPS) is 19.7. The predicted octanol–water partition coefficient (Wildman–Crippen LogP) is 8.41. The van der Waals surface area contributed by atoms with Crippen molar-refractivity contribution in [2.24, 2.45) is 10.9 Å². The lowest BCUT2D eigenvalue weighted by Crippen LogP contribution is -2.29. The van der Waals surface area contributed by atoms with Gasteiger partial charge in [0, 0.05) is 17.8 Å². The molecule has 0 saturated carbocycles. The lowest BCUT2D eigenvalue weighted by molar-refractivity contribution is 0.425. The van der Waals surface area contributed by atoms with Gasteiger partial charge in [-0.1, -0.05) is 59.7 Å². The number of benzene rings is 4. The summed E-state index contributed by atoms with van der Waals surface area (Å²) in [7, 11) is -3.93. The number of rotatable bonds is 6. The summed E-state index contributed by atoms with van der Waals surface area (Å²) in [5.41, 5.74) is 7.79. The van der Waals surface area contributed by atoms with E-state index in [0.29, 0.717) is 16.3 Å². The van der Waals surface area contributed by atoms with Gasteiger partial charge in [-0.3, -0.25) is 4.99 Å². The zero-order valence-electron chi connectivity index (χ0n) is 22.2. The van der Waals surface area contributed by atoms with E-state index in [1.807, 2.05) is 19.1 Å². The van der Waals surface area contributed by atoms with Gasteiger partial charge in [-0.15, -0.1) is 0 Å². The molecule has 3 atom stereocenters.